The summed E-state index contributed by atoms with van der Waals surface area (Å²) in [4.78, 5) is 30.6. The first kappa shape index (κ1) is 30.8. The molecule has 0 saturated carbocycles. The van der Waals surface area contributed by atoms with Gasteiger partial charge in [-0.25, -0.2) is 9.59 Å². The lowest BCUT2D eigenvalue weighted by molar-refractivity contribution is -0.137. The first-order valence-electron chi connectivity index (χ1n) is 14.7. The minimum absolute atomic E-state index is 0.0180. The van der Waals surface area contributed by atoms with Gasteiger partial charge in [0.25, 0.3) is 0 Å². The summed E-state index contributed by atoms with van der Waals surface area (Å²) in [6.45, 7) is 12.7. The average molecular weight is 604 g/mol. The zero-order valence-corrected chi connectivity index (χ0v) is 25.8. The number of benzene rings is 2. The summed E-state index contributed by atoms with van der Waals surface area (Å²) in [5, 5.41) is 0. The van der Waals surface area contributed by atoms with Crippen LogP contribution in [0.15, 0.2) is 30.3 Å². The van der Waals surface area contributed by atoms with E-state index in [0.29, 0.717) is 37.4 Å². The highest BCUT2D eigenvalue weighted by Crippen LogP contribution is 2.53. The molecule has 0 spiro atoms. The molecule has 2 amide bonds. The zero-order chi connectivity index (χ0) is 31.5. The predicted octanol–water partition coefficient (Wildman–Crippen LogP) is 7.44. The number of alkyl halides is 3. The van der Waals surface area contributed by atoms with Crippen molar-refractivity contribution in [3.05, 3.63) is 41.5 Å². The number of carbonyl (C=O) groups is 2. The molecule has 0 N–H and O–H groups in total. The SMILES string of the molecule is CN(C(=O)OC(C)(C)C)c1ccc(-c2cc3c4c(c2)[C@@H]2CN(C(=O)OC(C)(C)C)CC[C@@H]2N4CCCO3)c(C(F)(F)F)c1. The van der Waals surface area contributed by atoms with E-state index in [4.69, 9.17) is 14.2 Å². The molecule has 11 heteroatoms. The maximum absolute atomic E-state index is 14.6. The molecule has 3 heterocycles. The number of hydrogen-bond acceptors (Lipinski definition) is 6. The number of hydrogen-bond donors (Lipinski definition) is 0. The molecule has 5 rings (SSSR count). The van der Waals surface area contributed by atoms with E-state index in [1.54, 1.807) is 31.7 Å². The topological polar surface area (TPSA) is 71.5 Å². The summed E-state index contributed by atoms with van der Waals surface area (Å²) >= 11 is 0. The Kier molecular flexibility index (Phi) is 7.75. The van der Waals surface area contributed by atoms with Gasteiger partial charge in [-0.1, -0.05) is 6.07 Å². The van der Waals surface area contributed by atoms with Gasteiger partial charge in [0.1, 0.15) is 17.0 Å². The van der Waals surface area contributed by atoms with Crippen LogP contribution in [0.3, 0.4) is 0 Å². The minimum Gasteiger partial charge on any atom is -0.491 e. The summed E-state index contributed by atoms with van der Waals surface area (Å²) < 4.78 is 60.8. The van der Waals surface area contributed by atoms with E-state index in [2.05, 4.69) is 4.90 Å². The second-order valence-electron chi connectivity index (χ2n) is 13.5. The van der Waals surface area contributed by atoms with Crippen molar-refractivity contribution in [3.63, 3.8) is 0 Å². The standard InChI is InChI=1S/C32H40F3N3O5/c1-30(2,3)42-28(39)36(7)20-9-10-21(24(17-20)32(33,34)35)19-15-22-23-18-37(29(40)43-31(4,5)6)13-11-25(23)38-12-8-14-41-26(16-19)27(22)38/h9-10,15-17,23,25H,8,11-14,18H2,1-7H3/t23-,25-/m0/s1. The molecule has 0 aliphatic carbocycles. The molecule has 43 heavy (non-hydrogen) atoms. The van der Waals surface area contributed by atoms with Gasteiger partial charge in [0, 0.05) is 44.3 Å². The van der Waals surface area contributed by atoms with Crippen LogP contribution in [0.25, 0.3) is 11.1 Å². The maximum atomic E-state index is 14.6. The lowest BCUT2D eigenvalue weighted by atomic mass is 9.87. The molecule has 1 fully saturated rings. The van der Waals surface area contributed by atoms with Crippen molar-refractivity contribution in [2.45, 2.75) is 83.7 Å². The number of carbonyl (C=O) groups excluding carboxylic acids is 2. The molecule has 1 saturated heterocycles. The third-order valence-electron chi connectivity index (χ3n) is 7.89. The molecule has 0 unspecified atom stereocenters. The van der Waals surface area contributed by atoms with Crippen LogP contribution in [-0.4, -0.2) is 67.6 Å². The van der Waals surface area contributed by atoms with Gasteiger partial charge >= 0.3 is 18.4 Å². The summed E-state index contributed by atoms with van der Waals surface area (Å²) in [6, 6.07) is 7.46. The number of anilines is 2. The van der Waals surface area contributed by atoms with Gasteiger partial charge in [-0.3, -0.25) is 4.90 Å². The highest BCUT2D eigenvalue weighted by Gasteiger charge is 2.46. The number of ether oxygens (including phenoxy) is 3. The van der Waals surface area contributed by atoms with Gasteiger partial charge in [0.05, 0.1) is 17.9 Å². The Morgan fingerprint density at radius 1 is 0.977 bits per heavy atom. The molecule has 3 aliphatic heterocycles. The molecule has 0 bridgehead atoms. The molecule has 2 aromatic rings. The number of halogens is 3. The average Bonchev–Trinajstić information content (AvgIpc) is 3.04. The molecule has 0 aromatic heterocycles. The molecule has 2 atom stereocenters. The molecular formula is C32H40F3N3O5. The summed E-state index contributed by atoms with van der Waals surface area (Å²) in [7, 11) is 1.38. The molecule has 234 valence electrons. The van der Waals surface area contributed by atoms with Crippen molar-refractivity contribution in [3.8, 4) is 16.9 Å². The van der Waals surface area contributed by atoms with Crippen LogP contribution in [0.5, 0.6) is 5.75 Å². The smallest absolute Gasteiger partial charge is 0.417 e. The Morgan fingerprint density at radius 3 is 2.33 bits per heavy atom. The number of piperidine rings is 1. The van der Waals surface area contributed by atoms with Crippen LogP contribution in [0.1, 0.15) is 71.4 Å². The van der Waals surface area contributed by atoms with Crippen molar-refractivity contribution in [1.29, 1.82) is 0 Å². The summed E-state index contributed by atoms with van der Waals surface area (Å²) in [6.07, 6.45) is -4.34. The van der Waals surface area contributed by atoms with Gasteiger partial charge in [-0.15, -0.1) is 0 Å². The Balaban J connectivity index is 1.55. The van der Waals surface area contributed by atoms with E-state index in [1.165, 1.54) is 19.2 Å². The Bertz CT molecular complexity index is 1410. The number of fused-ring (bicyclic) bond motifs is 3. The quantitative estimate of drug-likeness (QED) is 0.355. The van der Waals surface area contributed by atoms with E-state index in [0.717, 1.165) is 35.2 Å². The van der Waals surface area contributed by atoms with E-state index in [-0.39, 0.29) is 23.2 Å². The van der Waals surface area contributed by atoms with Crippen molar-refractivity contribution in [2.24, 2.45) is 0 Å². The third kappa shape index (κ3) is 6.35. The maximum Gasteiger partial charge on any atom is 0.417 e. The van der Waals surface area contributed by atoms with E-state index in [1.807, 2.05) is 26.8 Å². The first-order chi connectivity index (χ1) is 19.9. The number of rotatable bonds is 2. The lowest BCUT2D eigenvalue weighted by Crippen LogP contribution is -2.49. The fourth-order valence-corrected chi connectivity index (χ4v) is 6.12. The second kappa shape index (κ2) is 10.8. The lowest BCUT2D eigenvalue weighted by Gasteiger charge is -2.39. The minimum atomic E-state index is -4.69. The fraction of sp³-hybridized carbons (Fsp3) is 0.562. The second-order valence-corrected chi connectivity index (χ2v) is 13.5. The highest BCUT2D eigenvalue weighted by molar-refractivity contribution is 5.89. The number of likely N-dealkylation sites (tertiary alicyclic amines) is 1. The Hall–Kier alpha value is -3.63. The van der Waals surface area contributed by atoms with Gasteiger partial charge in [-0.2, -0.15) is 13.2 Å². The van der Waals surface area contributed by atoms with Crippen LogP contribution in [0.4, 0.5) is 34.1 Å². The predicted molar refractivity (Wildman–Crippen MR) is 158 cm³/mol. The highest BCUT2D eigenvalue weighted by atomic mass is 19.4. The van der Waals surface area contributed by atoms with Crippen molar-refractivity contribution < 1.29 is 37.0 Å². The summed E-state index contributed by atoms with van der Waals surface area (Å²) in [5.74, 6) is 0.440. The van der Waals surface area contributed by atoms with Crippen LogP contribution in [0, 0.1) is 0 Å². The van der Waals surface area contributed by atoms with Crippen molar-refractivity contribution >= 4 is 23.6 Å². The van der Waals surface area contributed by atoms with Gasteiger partial charge in [0.2, 0.25) is 0 Å². The Morgan fingerprint density at radius 2 is 1.67 bits per heavy atom. The van der Waals surface area contributed by atoms with Crippen LogP contribution in [-0.2, 0) is 15.7 Å². The van der Waals surface area contributed by atoms with Crippen LogP contribution >= 0.6 is 0 Å². The molecule has 3 aliphatic rings. The monoisotopic (exact) mass is 603 g/mol. The zero-order valence-electron chi connectivity index (χ0n) is 25.8. The molecular weight excluding hydrogens is 563 g/mol. The first-order valence-corrected chi connectivity index (χ1v) is 14.7. The Labute approximate surface area is 250 Å². The van der Waals surface area contributed by atoms with Crippen molar-refractivity contribution in [1.82, 2.24) is 4.90 Å². The number of amides is 2. The van der Waals surface area contributed by atoms with Gasteiger partial charge < -0.3 is 24.0 Å². The molecule has 8 nitrogen and oxygen atoms in total. The van der Waals surface area contributed by atoms with Gasteiger partial charge in [-0.05, 0) is 95.3 Å². The number of nitrogens with zero attached hydrogens (tertiary/aromatic N) is 3. The van der Waals surface area contributed by atoms with Crippen LogP contribution in [0.2, 0.25) is 0 Å². The summed E-state index contributed by atoms with van der Waals surface area (Å²) in [5.41, 5.74) is -0.126. The van der Waals surface area contributed by atoms with Gasteiger partial charge in [0.15, 0.2) is 0 Å². The fourth-order valence-electron chi connectivity index (χ4n) is 6.12. The van der Waals surface area contributed by atoms with Crippen LogP contribution < -0.4 is 14.5 Å². The van der Waals surface area contributed by atoms with E-state index < -0.39 is 35.1 Å². The normalized spacial score (nSPS) is 20.0. The third-order valence-corrected chi connectivity index (χ3v) is 7.89. The van der Waals surface area contributed by atoms with Crippen molar-refractivity contribution in [2.75, 3.05) is 43.1 Å². The van der Waals surface area contributed by atoms with E-state index in [9.17, 15) is 22.8 Å². The van der Waals surface area contributed by atoms with E-state index >= 15 is 0 Å². The molecule has 0 radical (unpaired) electrons. The molecule has 2 aromatic carbocycles. The largest absolute Gasteiger partial charge is 0.491 e.